The Kier molecular flexibility index (Phi) is 8.10. The molecule has 0 aromatic rings. The van der Waals surface area contributed by atoms with E-state index in [-0.39, 0.29) is 0 Å². The highest BCUT2D eigenvalue weighted by molar-refractivity contribution is 7.80. The van der Waals surface area contributed by atoms with Gasteiger partial charge in [0.15, 0.2) is 5.11 Å². The first-order valence-corrected chi connectivity index (χ1v) is 5.69. The van der Waals surface area contributed by atoms with Crippen LogP contribution in [0, 0.1) is 0 Å². The van der Waals surface area contributed by atoms with Crippen molar-refractivity contribution < 1.29 is 0 Å². The van der Waals surface area contributed by atoms with Gasteiger partial charge in [0.1, 0.15) is 0 Å². The van der Waals surface area contributed by atoms with Gasteiger partial charge in [0.2, 0.25) is 0 Å². The number of nitrogens with zero attached hydrogens (tertiary/aromatic N) is 1. The molecule has 0 aliphatic heterocycles. The zero-order valence-corrected chi connectivity index (χ0v) is 9.91. The van der Waals surface area contributed by atoms with E-state index in [1.807, 2.05) is 0 Å². The minimum Gasteiger partial charge on any atom is -0.363 e. The number of hydrogen-bond acceptors (Lipinski definition) is 1. The van der Waals surface area contributed by atoms with Crippen molar-refractivity contribution in [1.29, 1.82) is 0 Å². The molecular weight excluding hydrogens is 180 g/mol. The first kappa shape index (κ1) is 12.7. The second-order valence-electron chi connectivity index (χ2n) is 3.22. The van der Waals surface area contributed by atoms with Crippen LogP contribution < -0.4 is 5.32 Å². The molecule has 0 aromatic heterocycles. The van der Waals surface area contributed by atoms with E-state index >= 15 is 0 Å². The maximum Gasteiger partial charge on any atom is 0.168 e. The maximum absolute atomic E-state index is 5.29. The fourth-order valence-corrected chi connectivity index (χ4v) is 1.48. The van der Waals surface area contributed by atoms with Crippen molar-refractivity contribution in [2.75, 3.05) is 19.6 Å². The summed E-state index contributed by atoms with van der Waals surface area (Å²) in [6.07, 6.45) is 3.45. The van der Waals surface area contributed by atoms with Crippen LogP contribution in [0.15, 0.2) is 0 Å². The van der Waals surface area contributed by atoms with Gasteiger partial charge < -0.3 is 10.2 Å². The third-order valence-corrected chi connectivity index (χ3v) is 2.20. The van der Waals surface area contributed by atoms with Crippen molar-refractivity contribution in [3.63, 3.8) is 0 Å². The van der Waals surface area contributed by atoms with E-state index in [0.29, 0.717) is 0 Å². The molecule has 0 unspecified atom stereocenters. The molecular formula is C10H22N2S. The van der Waals surface area contributed by atoms with Crippen molar-refractivity contribution in [2.24, 2.45) is 0 Å². The number of rotatable bonds is 6. The van der Waals surface area contributed by atoms with E-state index in [0.717, 1.165) is 44.0 Å². The van der Waals surface area contributed by atoms with Crippen LogP contribution in [-0.4, -0.2) is 29.6 Å². The minimum atomic E-state index is 0.922. The number of hydrogen-bond donors (Lipinski definition) is 1. The van der Waals surface area contributed by atoms with Crippen LogP contribution >= 0.6 is 12.2 Å². The van der Waals surface area contributed by atoms with E-state index in [9.17, 15) is 0 Å². The van der Waals surface area contributed by atoms with Gasteiger partial charge in [-0.25, -0.2) is 0 Å². The van der Waals surface area contributed by atoms with Crippen LogP contribution in [-0.2, 0) is 0 Å². The Morgan fingerprint density at radius 2 is 1.62 bits per heavy atom. The van der Waals surface area contributed by atoms with Crippen molar-refractivity contribution in [1.82, 2.24) is 10.2 Å². The molecule has 0 heterocycles. The molecule has 1 N–H and O–H groups in total. The summed E-state index contributed by atoms with van der Waals surface area (Å²) in [4.78, 5) is 2.25. The molecule has 0 bridgehead atoms. The molecule has 3 heteroatoms. The van der Waals surface area contributed by atoms with Crippen molar-refractivity contribution in [3.05, 3.63) is 0 Å². The van der Waals surface area contributed by atoms with Gasteiger partial charge in [0.05, 0.1) is 0 Å². The Labute approximate surface area is 87.7 Å². The Balaban J connectivity index is 3.80. The summed E-state index contributed by atoms with van der Waals surface area (Å²) >= 11 is 5.29. The summed E-state index contributed by atoms with van der Waals surface area (Å²) in [5, 5.41) is 4.18. The van der Waals surface area contributed by atoms with E-state index in [2.05, 4.69) is 31.0 Å². The number of nitrogens with one attached hydrogen (secondary N) is 1. The second-order valence-corrected chi connectivity index (χ2v) is 3.61. The van der Waals surface area contributed by atoms with Gasteiger partial charge in [0.25, 0.3) is 0 Å². The summed E-state index contributed by atoms with van der Waals surface area (Å²) < 4.78 is 0. The lowest BCUT2D eigenvalue weighted by atomic mass is 10.4. The standard InChI is InChI=1S/C10H22N2S/c1-4-7-11-10(13)12(8-5-2)9-6-3/h4-9H2,1-3H3,(H,11,13). The quantitative estimate of drug-likeness (QED) is 0.666. The lowest BCUT2D eigenvalue weighted by molar-refractivity contribution is 0.410. The van der Waals surface area contributed by atoms with Crippen LogP contribution in [0.5, 0.6) is 0 Å². The summed E-state index contributed by atoms with van der Waals surface area (Å²) in [6.45, 7) is 9.66. The summed E-state index contributed by atoms with van der Waals surface area (Å²) in [5.41, 5.74) is 0. The molecule has 0 aliphatic rings. The van der Waals surface area contributed by atoms with Crippen molar-refractivity contribution >= 4 is 17.3 Å². The summed E-state index contributed by atoms with van der Waals surface area (Å²) in [7, 11) is 0. The molecule has 13 heavy (non-hydrogen) atoms. The zero-order valence-electron chi connectivity index (χ0n) is 9.10. The average molecular weight is 202 g/mol. The Bertz CT molecular complexity index is 131. The van der Waals surface area contributed by atoms with Crippen molar-refractivity contribution in [3.8, 4) is 0 Å². The lowest BCUT2D eigenvalue weighted by Crippen LogP contribution is -2.40. The van der Waals surface area contributed by atoms with E-state index in [1.165, 1.54) is 0 Å². The van der Waals surface area contributed by atoms with Crippen LogP contribution in [0.2, 0.25) is 0 Å². The van der Waals surface area contributed by atoms with Crippen LogP contribution in [0.3, 0.4) is 0 Å². The maximum atomic E-state index is 5.29. The van der Waals surface area contributed by atoms with Gasteiger partial charge in [-0.3, -0.25) is 0 Å². The van der Waals surface area contributed by atoms with Gasteiger partial charge in [-0.1, -0.05) is 20.8 Å². The molecule has 0 fully saturated rings. The molecule has 0 aromatic carbocycles. The minimum absolute atomic E-state index is 0.922. The monoisotopic (exact) mass is 202 g/mol. The highest BCUT2D eigenvalue weighted by Crippen LogP contribution is 1.95. The fourth-order valence-electron chi connectivity index (χ4n) is 1.20. The normalized spacial score (nSPS) is 9.77. The average Bonchev–Trinajstić information content (AvgIpc) is 2.14. The van der Waals surface area contributed by atoms with Gasteiger partial charge >= 0.3 is 0 Å². The molecule has 0 saturated heterocycles. The highest BCUT2D eigenvalue weighted by Gasteiger charge is 2.05. The van der Waals surface area contributed by atoms with Crippen molar-refractivity contribution in [2.45, 2.75) is 40.0 Å². The van der Waals surface area contributed by atoms with E-state index in [4.69, 9.17) is 12.2 Å². The Hall–Kier alpha value is -0.310. The lowest BCUT2D eigenvalue weighted by Gasteiger charge is -2.24. The van der Waals surface area contributed by atoms with E-state index < -0.39 is 0 Å². The third-order valence-electron chi connectivity index (χ3n) is 1.80. The van der Waals surface area contributed by atoms with E-state index in [1.54, 1.807) is 0 Å². The predicted octanol–water partition coefficient (Wildman–Crippen LogP) is 2.39. The largest absolute Gasteiger partial charge is 0.363 e. The second kappa shape index (κ2) is 8.30. The SMILES string of the molecule is CCCNC(=S)N(CCC)CCC. The first-order valence-electron chi connectivity index (χ1n) is 5.29. The van der Waals surface area contributed by atoms with Gasteiger partial charge in [0, 0.05) is 19.6 Å². The van der Waals surface area contributed by atoms with Crippen LogP contribution in [0.4, 0.5) is 0 Å². The summed E-state index contributed by atoms with van der Waals surface area (Å²) in [5.74, 6) is 0. The third kappa shape index (κ3) is 5.86. The molecule has 0 amide bonds. The summed E-state index contributed by atoms with van der Waals surface area (Å²) in [6, 6.07) is 0. The highest BCUT2D eigenvalue weighted by atomic mass is 32.1. The van der Waals surface area contributed by atoms with Crippen LogP contribution in [0.25, 0.3) is 0 Å². The molecule has 0 atom stereocenters. The Morgan fingerprint density at radius 1 is 1.08 bits per heavy atom. The molecule has 0 radical (unpaired) electrons. The predicted molar refractivity (Wildman–Crippen MR) is 63.0 cm³/mol. The molecule has 0 spiro atoms. The topological polar surface area (TPSA) is 15.3 Å². The van der Waals surface area contributed by atoms with Crippen LogP contribution in [0.1, 0.15) is 40.0 Å². The fraction of sp³-hybridized carbons (Fsp3) is 0.900. The van der Waals surface area contributed by atoms with Gasteiger partial charge in [-0.15, -0.1) is 0 Å². The molecule has 2 nitrogen and oxygen atoms in total. The smallest absolute Gasteiger partial charge is 0.168 e. The van der Waals surface area contributed by atoms with Gasteiger partial charge in [-0.2, -0.15) is 0 Å². The van der Waals surface area contributed by atoms with Gasteiger partial charge in [-0.05, 0) is 31.5 Å². The first-order chi connectivity index (χ1) is 6.26. The number of thiocarbonyl (C=S) groups is 1. The molecule has 0 aliphatic carbocycles. The zero-order chi connectivity index (χ0) is 10.1. The Morgan fingerprint density at radius 3 is 2.00 bits per heavy atom. The molecule has 0 saturated carbocycles. The molecule has 0 rings (SSSR count). The molecule has 78 valence electrons.